The van der Waals surface area contributed by atoms with Crippen LogP contribution in [0, 0.1) is 0 Å². The van der Waals surface area contributed by atoms with Gasteiger partial charge >= 0.3 is 0 Å². The van der Waals surface area contributed by atoms with Crippen molar-refractivity contribution >= 4 is 21.6 Å². The highest BCUT2D eigenvalue weighted by Crippen LogP contribution is 2.31. The van der Waals surface area contributed by atoms with Gasteiger partial charge in [-0.15, -0.1) is 0 Å². The summed E-state index contributed by atoms with van der Waals surface area (Å²) in [5.74, 6) is 0. The summed E-state index contributed by atoms with van der Waals surface area (Å²) >= 11 is 3.57. The average molecular weight is 311 g/mol. The van der Waals surface area contributed by atoms with Gasteiger partial charge in [-0.2, -0.15) is 0 Å². The number of anilines is 1. The van der Waals surface area contributed by atoms with Crippen LogP contribution in [0.25, 0.3) is 0 Å². The SMILES string of the molecule is CCC(N)Cc1cc(Br)ccc1N1CCCC1C. The highest BCUT2D eigenvalue weighted by molar-refractivity contribution is 9.10. The zero-order chi connectivity index (χ0) is 13.1. The van der Waals surface area contributed by atoms with Gasteiger partial charge in [-0.3, -0.25) is 0 Å². The van der Waals surface area contributed by atoms with Crippen molar-refractivity contribution in [2.75, 3.05) is 11.4 Å². The molecular formula is C15H23BrN2. The van der Waals surface area contributed by atoms with E-state index in [0.29, 0.717) is 6.04 Å². The van der Waals surface area contributed by atoms with Gasteiger partial charge in [0, 0.05) is 28.8 Å². The molecule has 1 fully saturated rings. The molecule has 1 aliphatic heterocycles. The molecule has 2 N–H and O–H groups in total. The Hall–Kier alpha value is -0.540. The van der Waals surface area contributed by atoms with E-state index in [1.165, 1.54) is 30.6 Å². The van der Waals surface area contributed by atoms with Gasteiger partial charge in [-0.05, 0) is 56.4 Å². The monoisotopic (exact) mass is 310 g/mol. The molecule has 1 heterocycles. The number of hydrogen-bond acceptors (Lipinski definition) is 2. The molecule has 100 valence electrons. The zero-order valence-electron chi connectivity index (χ0n) is 11.3. The Morgan fingerprint density at radius 1 is 1.50 bits per heavy atom. The molecule has 1 aliphatic rings. The van der Waals surface area contributed by atoms with Gasteiger partial charge in [0.25, 0.3) is 0 Å². The van der Waals surface area contributed by atoms with Crippen molar-refractivity contribution in [2.45, 2.75) is 51.6 Å². The predicted molar refractivity (Wildman–Crippen MR) is 82.2 cm³/mol. The molecule has 0 amide bonds. The Labute approximate surface area is 119 Å². The maximum Gasteiger partial charge on any atom is 0.0402 e. The minimum absolute atomic E-state index is 0.260. The maximum atomic E-state index is 6.12. The number of hydrogen-bond donors (Lipinski definition) is 1. The van der Waals surface area contributed by atoms with E-state index >= 15 is 0 Å². The summed E-state index contributed by atoms with van der Waals surface area (Å²) in [7, 11) is 0. The molecule has 0 aliphatic carbocycles. The van der Waals surface area contributed by atoms with E-state index in [2.05, 4.69) is 52.9 Å². The van der Waals surface area contributed by atoms with E-state index in [1.54, 1.807) is 0 Å². The Morgan fingerprint density at radius 2 is 2.28 bits per heavy atom. The van der Waals surface area contributed by atoms with Crippen LogP contribution < -0.4 is 10.6 Å². The van der Waals surface area contributed by atoms with Crippen LogP contribution in [0.4, 0.5) is 5.69 Å². The molecule has 2 nitrogen and oxygen atoms in total. The lowest BCUT2D eigenvalue weighted by atomic mass is 10.0. The summed E-state index contributed by atoms with van der Waals surface area (Å²) in [5, 5.41) is 0. The molecule has 1 aromatic rings. The molecule has 2 unspecified atom stereocenters. The molecule has 3 heteroatoms. The molecule has 0 bridgehead atoms. The Bertz CT molecular complexity index is 405. The van der Waals surface area contributed by atoms with E-state index in [-0.39, 0.29) is 6.04 Å². The predicted octanol–water partition coefficient (Wildman–Crippen LogP) is 3.72. The van der Waals surface area contributed by atoms with E-state index in [0.717, 1.165) is 17.3 Å². The summed E-state index contributed by atoms with van der Waals surface area (Å²) in [6.07, 6.45) is 4.60. The minimum Gasteiger partial charge on any atom is -0.369 e. The molecular weight excluding hydrogens is 288 g/mol. The minimum atomic E-state index is 0.260. The Kier molecular flexibility index (Phi) is 4.68. The van der Waals surface area contributed by atoms with Crippen molar-refractivity contribution in [3.8, 4) is 0 Å². The van der Waals surface area contributed by atoms with Gasteiger partial charge in [0.1, 0.15) is 0 Å². The van der Waals surface area contributed by atoms with Crippen LogP contribution in [0.2, 0.25) is 0 Å². The number of rotatable bonds is 4. The second-order valence-electron chi connectivity index (χ2n) is 5.33. The van der Waals surface area contributed by atoms with Crippen LogP contribution in [0.1, 0.15) is 38.7 Å². The lowest BCUT2D eigenvalue weighted by molar-refractivity contribution is 0.642. The molecule has 2 atom stereocenters. The van der Waals surface area contributed by atoms with Gasteiger partial charge in [-0.25, -0.2) is 0 Å². The first-order chi connectivity index (χ1) is 8.61. The van der Waals surface area contributed by atoms with Gasteiger partial charge in [0.05, 0.1) is 0 Å². The largest absolute Gasteiger partial charge is 0.369 e. The summed E-state index contributed by atoms with van der Waals surface area (Å²) in [6.45, 7) is 5.65. The number of halogens is 1. The summed E-state index contributed by atoms with van der Waals surface area (Å²) < 4.78 is 1.15. The lowest BCUT2D eigenvalue weighted by Gasteiger charge is -2.27. The first kappa shape index (κ1) is 13.9. The quantitative estimate of drug-likeness (QED) is 0.918. The van der Waals surface area contributed by atoms with Gasteiger partial charge in [0.2, 0.25) is 0 Å². The van der Waals surface area contributed by atoms with E-state index in [1.807, 2.05) is 0 Å². The normalized spacial score (nSPS) is 21.3. The third kappa shape index (κ3) is 3.07. The number of nitrogens with two attached hydrogens (primary N) is 1. The highest BCUT2D eigenvalue weighted by atomic mass is 79.9. The molecule has 2 rings (SSSR count). The van der Waals surface area contributed by atoms with Crippen molar-refractivity contribution in [3.05, 3.63) is 28.2 Å². The van der Waals surface area contributed by atoms with Gasteiger partial charge in [0.15, 0.2) is 0 Å². The van der Waals surface area contributed by atoms with E-state index in [4.69, 9.17) is 5.73 Å². The fraction of sp³-hybridized carbons (Fsp3) is 0.600. The van der Waals surface area contributed by atoms with Crippen molar-refractivity contribution < 1.29 is 0 Å². The van der Waals surface area contributed by atoms with Crippen LogP contribution in [-0.2, 0) is 6.42 Å². The lowest BCUT2D eigenvalue weighted by Crippen LogP contribution is -2.29. The second kappa shape index (κ2) is 6.07. The summed E-state index contributed by atoms with van der Waals surface area (Å²) in [6, 6.07) is 7.53. The van der Waals surface area contributed by atoms with Crippen molar-refractivity contribution in [1.29, 1.82) is 0 Å². The van der Waals surface area contributed by atoms with Crippen molar-refractivity contribution in [1.82, 2.24) is 0 Å². The molecule has 1 aromatic carbocycles. The Morgan fingerprint density at radius 3 is 2.89 bits per heavy atom. The molecule has 0 saturated carbocycles. The fourth-order valence-corrected chi connectivity index (χ4v) is 3.12. The van der Waals surface area contributed by atoms with Crippen LogP contribution in [0.5, 0.6) is 0 Å². The first-order valence-corrected chi connectivity index (χ1v) is 7.71. The number of benzene rings is 1. The molecule has 1 saturated heterocycles. The van der Waals surface area contributed by atoms with Crippen LogP contribution >= 0.6 is 15.9 Å². The zero-order valence-corrected chi connectivity index (χ0v) is 12.9. The van der Waals surface area contributed by atoms with E-state index in [9.17, 15) is 0 Å². The smallest absolute Gasteiger partial charge is 0.0402 e. The van der Waals surface area contributed by atoms with Gasteiger partial charge in [-0.1, -0.05) is 22.9 Å². The maximum absolute atomic E-state index is 6.12. The standard InChI is InChI=1S/C15H23BrN2/c1-3-14(17)10-12-9-13(16)6-7-15(12)18-8-4-5-11(18)2/h6-7,9,11,14H,3-5,8,10,17H2,1-2H3. The third-order valence-electron chi connectivity index (χ3n) is 3.91. The average Bonchev–Trinajstić information content (AvgIpc) is 2.75. The molecule has 18 heavy (non-hydrogen) atoms. The molecule has 0 radical (unpaired) electrons. The van der Waals surface area contributed by atoms with Gasteiger partial charge < -0.3 is 10.6 Å². The fourth-order valence-electron chi connectivity index (χ4n) is 2.72. The van der Waals surface area contributed by atoms with Crippen LogP contribution in [-0.4, -0.2) is 18.6 Å². The Balaban J connectivity index is 2.28. The van der Waals surface area contributed by atoms with Crippen molar-refractivity contribution in [2.24, 2.45) is 5.73 Å². The molecule has 0 aromatic heterocycles. The van der Waals surface area contributed by atoms with E-state index < -0.39 is 0 Å². The second-order valence-corrected chi connectivity index (χ2v) is 6.25. The third-order valence-corrected chi connectivity index (χ3v) is 4.40. The first-order valence-electron chi connectivity index (χ1n) is 6.92. The molecule has 0 spiro atoms. The summed E-state index contributed by atoms with van der Waals surface area (Å²) in [5.41, 5.74) is 8.89. The number of nitrogens with zero attached hydrogens (tertiary/aromatic N) is 1. The summed E-state index contributed by atoms with van der Waals surface area (Å²) in [4.78, 5) is 2.53. The topological polar surface area (TPSA) is 29.3 Å². The van der Waals surface area contributed by atoms with Crippen molar-refractivity contribution in [3.63, 3.8) is 0 Å². The van der Waals surface area contributed by atoms with Crippen LogP contribution in [0.15, 0.2) is 22.7 Å². The highest BCUT2D eigenvalue weighted by Gasteiger charge is 2.23. The van der Waals surface area contributed by atoms with Crippen LogP contribution in [0.3, 0.4) is 0 Å².